The summed E-state index contributed by atoms with van der Waals surface area (Å²) in [6, 6.07) is 0. The van der Waals surface area contributed by atoms with Crippen molar-refractivity contribution in [1.29, 1.82) is 0 Å². The number of hydrogen-bond acceptors (Lipinski definition) is 0. The van der Waals surface area contributed by atoms with Crippen molar-refractivity contribution in [3.05, 3.63) is 6.92 Å². The van der Waals surface area contributed by atoms with Gasteiger partial charge in [0.25, 0.3) is 0 Å². The molecule has 0 aliphatic carbocycles. The van der Waals surface area contributed by atoms with Gasteiger partial charge in [0.05, 0.1) is 0 Å². The van der Waals surface area contributed by atoms with Crippen LogP contribution >= 0.6 is 0 Å². The molecule has 0 aliphatic rings. The van der Waals surface area contributed by atoms with E-state index in [1.54, 1.807) is 0 Å². The first kappa shape index (κ1) is 15.4. The van der Waals surface area contributed by atoms with Gasteiger partial charge in [-0.05, 0) is 0 Å². The summed E-state index contributed by atoms with van der Waals surface area (Å²) in [5, 5.41) is 0. The van der Waals surface area contributed by atoms with Gasteiger partial charge in [0.15, 0.2) is 0 Å². The van der Waals surface area contributed by atoms with Crippen molar-refractivity contribution in [2.45, 2.75) is 71.1 Å². The topological polar surface area (TPSA) is 31.5 Å². The molecular formula is C12H27O. The third-order valence-electron chi connectivity index (χ3n) is 2.35. The Bertz CT molecular complexity index is 61.5. The molecule has 0 bridgehead atoms. The summed E-state index contributed by atoms with van der Waals surface area (Å²) in [6.07, 6.45) is 13.9. The van der Waals surface area contributed by atoms with Crippen molar-refractivity contribution in [3.8, 4) is 0 Å². The molecule has 1 nitrogen and oxygen atoms in total. The van der Waals surface area contributed by atoms with Gasteiger partial charge in [0, 0.05) is 0 Å². The van der Waals surface area contributed by atoms with E-state index in [0.29, 0.717) is 0 Å². The van der Waals surface area contributed by atoms with Gasteiger partial charge < -0.3 is 5.48 Å². The Labute approximate surface area is 84.2 Å². The van der Waals surface area contributed by atoms with Crippen LogP contribution in [0.5, 0.6) is 0 Å². The normalized spacial score (nSPS) is 9.69. The summed E-state index contributed by atoms with van der Waals surface area (Å²) in [5.74, 6) is 0. The molecule has 0 aliphatic heterocycles. The predicted octanol–water partition coefficient (Wildman–Crippen LogP) is 3.92. The fraction of sp³-hybridized carbons (Fsp3) is 0.917. The van der Waals surface area contributed by atoms with Gasteiger partial charge in [0.2, 0.25) is 0 Å². The second-order valence-corrected chi connectivity index (χ2v) is 3.68. The molecule has 0 rings (SSSR count). The molecule has 81 valence electrons. The van der Waals surface area contributed by atoms with E-state index in [1.165, 1.54) is 57.8 Å². The highest BCUT2D eigenvalue weighted by Crippen LogP contribution is 2.09. The molecule has 0 fully saturated rings. The Balaban J connectivity index is 0. The second kappa shape index (κ2) is 14.5. The maximum absolute atomic E-state index is 3.84. The summed E-state index contributed by atoms with van der Waals surface area (Å²) in [6.45, 7) is 6.12. The van der Waals surface area contributed by atoms with Crippen LogP contribution in [0.1, 0.15) is 71.1 Å². The minimum atomic E-state index is 0. The Morgan fingerprint density at radius 1 is 0.692 bits per heavy atom. The minimum Gasteiger partial charge on any atom is -0.412 e. The Morgan fingerprint density at radius 2 is 1.08 bits per heavy atom. The lowest BCUT2D eigenvalue weighted by molar-refractivity contribution is 0.566. The molecule has 0 amide bonds. The molecule has 0 aromatic carbocycles. The zero-order chi connectivity index (χ0) is 9.07. The highest BCUT2D eigenvalue weighted by Gasteiger charge is 1.90. The van der Waals surface area contributed by atoms with Crippen molar-refractivity contribution < 1.29 is 5.48 Å². The largest absolute Gasteiger partial charge is 0.412 e. The lowest BCUT2D eigenvalue weighted by atomic mass is 10.1. The molecule has 1 heteroatoms. The molecule has 0 saturated carbocycles. The highest BCUT2D eigenvalue weighted by atomic mass is 16.0. The van der Waals surface area contributed by atoms with Gasteiger partial charge in [-0.15, -0.1) is 0 Å². The molecule has 0 saturated heterocycles. The summed E-state index contributed by atoms with van der Waals surface area (Å²) >= 11 is 0. The first-order chi connectivity index (χ1) is 5.91. The lowest BCUT2D eigenvalue weighted by Gasteiger charge is -1.99. The van der Waals surface area contributed by atoms with E-state index in [0.717, 1.165) is 6.42 Å². The summed E-state index contributed by atoms with van der Waals surface area (Å²) in [7, 11) is 0. The van der Waals surface area contributed by atoms with Crippen molar-refractivity contribution in [2.24, 2.45) is 0 Å². The van der Waals surface area contributed by atoms with Gasteiger partial charge in [-0.3, -0.25) is 0 Å². The molecule has 13 heavy (non-hydrogen) atoms. The Morgan fingerprint density at radius 3 is 1.46 bits per heavy atom. The smallest absolute Gasteiger partial charge is 0.0533 e. The molecule has 0 aromatic heterocycles. The van der Waals surface area contributed by atoms with Gasteiger partial charge >= 0.3 is 0 Å². The van der Waals surface area contributed by atoms with Crippen molar-refractivity contribution in [1.82, 2.24) is 0 Å². The van der Waals surface area contributed by atoms with E-state index in [1.807, 2.05) is 0 Å². The average Bonchev–Trinajstić information content (AvgIpc) is 2.10. The summed E-state index contributed by atoms with van der Waals surface area (Å²) in [4.78, 5) is 0. The van der Waals surface area contributed by atoms with Crippen LogP contribution in [0.15, 0.2) is 0 Å². The van der Waals surface area contributed by atoms with Crippen LogP contribution in [-0.4, -0.2) is 5.48 Å². The molecule has 0 atom stereocenters. The molecule has 2 N–H and O–H groups in total. The van der Waals surface area contributed by atoms with E-state index in [9.17, 15) is 0 Å². The van der Waals surface area contributed by atoms with Crippen molar-refractivity contribution in [2.75, 3.05) is 0 Å². The van der Waals surface area contributed by atoms with Crippen LogP contribution in [0.4, 0.5) is 0 Å². The van der Waals surface area contributed by atoms with Crippen LogP contribution in [0.2, 0.25) is 0 Å². The van der Waals surface area contributed by atoms with Crippen LogP contribution in [0.25, 0.3) is 0 Å². The van der Waals surface area contributed by atoms with Gasteiger partial charge in [-0.2, -0.15) is 0 Å². The van der Waals surface area contributed by atoms with E-state index < -0.39 is 0 Å². The maximum Gasteiger partial charge on any atom is -0.0533 e. The Kier molecular flexibility index (Phi) is 17.2. The highest BCUT2D eigenvalue weighted by molar-refractivity contribution is 4.47. The van der Waals surface area contributed by atoms with Gasteiger partial charge in [0.1, 0.15) is 0 Å². The van der Waals surface area contributed by atoms with Crippen LogP contribution in [-0.2, 0) is 0 Å². The van der Waals surface area contributed by atoms with Crippen molar-refractivity contribution in [3.63, 3.8) is 0 Å². The SMILES string of the molecule is O.[CH2]CCCCCCCCCCC. The first-order valence-corrected chi connectivity index (χ1v) is 5.71. The van der Waals surface area contributed by atoms with Crippen LogP contribution in [0.3, 0.4) is 0 Å². The predicted molar refractivity (Wildman–Crippen MR) is 60.8 cm³/mol. The zero-order valence-corrected chi connectivity index (χ0v) is 9.28. The monoisotopic (exact) mass is 187 g/mol. The molecule has 0 unspecified atom stereocenters. The first-order valence-electron chi connectivity index (χ1n) is 5.71. The minimum absolute atomic E-state index is 0. The van der Waals surface area contributed by atoms with E-state index >= 15 is 0 Å². The van der Waals surface area contributed by atoms with Crippen LogP contribution in [0, 0.1) is 6.92 Å². The standard InChI is InChI=1S/C12H25.H2O/c1-3-5-7-9-11-12-10-8-6-4-2;/h1,3-12H2,2H3;1H2. The third-order valence-corrected chi connectivity index (χ3v) is 2.35. The van der Waals surface area contributed by atoms with E-state index in [4.69, 9.17) is 0 Å². The zero-order valence-electron chi connectivity index (χ0n) is 9.28. The fourth-order valence-electron chi connectivity index (χ4n) is 1.49. The second-order valence-electron chi connectivity index (χ2n) is 3.68. The van der Waals surface area contributed by atoms with E-state index in [-0.39, 0.29) is 5.48 Å². The van der Waals surface area contributed by atoms with E-state index in [2.05, 4.69) is 13.8 Å². The number of unbranched alkanes of at least 4 members (excludes halogenated alkanes) is 9. The molecule has 0 aromatic rings. The van der Waals surface area contributed by atoms with Gasteiger partial charge in [-0.1, -0.05) is 78.1 Å². The van der Waals surface area contributed by atoms with Crippen LogP contribution < -0.4 is 0 Å². The summed E-state index contributed by atoms with van der Waals surface area (Å²) < 4.78 is 0. The third kappa shape index (κ3) is 14.8. The molecular weight excluding hydrogens is 160 g/mol. The van der Waals surface area contributed by atoms with Crippen molar-refractivity contribution >= 4 is 0 Å². The molecule has 0 spiro atoms. The quantitative estimate of drug-likeness (QED) is 0.490. The average molecular weight is 187 g/mol. The van der Waals surface area contributed by atoms with Gasteiger partial charge in [-0.25, -0.2) is 0 Å². The lowest BCUT2D eigenvalue weighted by Crippen LogP contribution is -1.80. The molecule has 0 heterocycles. The summed E-state index contributed by atoms with van der Waals surface area (Å²) in [5.41, 5.74) is 0. The molecule has 1 radical (unpaired) electrons. The maximum atomic E-state index is 3.84. The number of hydrogen-bond donors (Lipinski definition) is 0. The fourth-order valence-corrected chi connectivity index (χ4v) is 1.49. The number of rotatable bonds is 9. The Hall–Kier alpha value is -0.0400.